The molecule has 0 nitrogen and oxygen atoms in total. The zero-order valence-electron chi connectivity index (χ0n) is 8.52. The second-order valence-corrected chi connectivity index (χ2v) is 5.58. The maximum Gasteiger partial charge on any atom is 0.113 e. The van der Waals surface area contributed by atoms with Crippen LogP contribution in [0.5, 0.6) is 0 Å². The highest BCUT2D eigenvalue weighted by molar-refractivity contribution is 5.17. The first kappa shape index (κ1) is 8.52. The lowest BCUT2D eigenvalue weighted by molar-refractivity contribution is -0.0227. The van der Waals surface area contributed by atoms with Crippen molar-refractivity contribution in [1.29, 1.82) is 0 Å². The predicted molar refractivity (Wildman–Crippen MR) is 48.7 cm³/mol. The molecule has 70 valence electrons. The fraction of sp³-hybridized carbons (Fsp3) is 1.00. The maximum absolute atomic E-state index is 14.1. The van der Waals surface area contributed by atoms with Gasteiger partial charge in [0.15, 0.2) is 0 Å². The highest BCUT2D eigenvalue weighted by Gasteiger charge is 2.68. The van der Waals surface area contributed by atoms with Crippen molar-refractivity contribution in [3.05, 3.63) is 0 Å². The van der Waals surface area contributed by atoms with Gasteiger partial charge in [-0.15, -0.1) is 0 Å². The molecule has 12 heavy (non-hydrogen) atoms. The van der Waals surface area contributed by atoms with Crippen molar-refractivity contribution in [2.45, 2.75) is 46.2 Å². The Morgan fingerprint density at radius 3 is 2.25 bits per heavy atom. The van der Waals surface area contributed by atoms with Crippen molar-refractivity contribution < 1.29 is 4.39 Å². The molecule has 0 aliphatic heterocycles. The van der Waals surface area contributed by atoms with E-state index in [0.29, 0.717) is 11.3 Å². The van der Waals surface area contributed by atoms with E-state index < -0.39 is 5.67 Å². The van der Waals surface area contributed by atoms with E-state index in [1.165, 1.54) is 6.42 Å². The molecule has 0 N–H and O–H groups in total. The minimum absolute atomic E-state index is 0.174. The molecule has 4 atom stereocenters. The topological polar surface area (TPSA) is 0 Å². The summed E-state index contributed by atoms with van der Waals surface area (Å²) in [6, 6.07) is 0. The molecule has 2 aliphatic rings. The lowest BCUT2D eigenvalue weighted by Crippen LogP contribution is -2.43. The molecule has 0 amide bonds. The third-order valence-electron chi connectivity index (χ3n) is 4.45. The van der Waals surface area contributed by atoms with Crippen LogP contribution in [0, 0.1) is 23.2 Å². The summed E-state index contributed by atoms with van der Waals surface area (Å²) < 4.78 is 14.1. The second kappa shape index (κ2) is 2.05. The second-order valence-electron chi connectivity index (χ2n) is 5.58. The quantitative estimate of drug-likeness (QED) is 0.595. The van der Waals surface area contributed by atoms with Gasteiger partial charge in [0.2, 0.25) is 0 Å². The number of fused-ring (bicyclic) bond motifs is 1. The fourth-order valence-electron chi connectivity index (χ4n) is 2.81. The Kier molecular flexibility index (Phi) is 1.46. The van der Waals surface area contributed by atoms with Crippen molar-refractivity contribution in [1.82, 2.24) is 0 Å². The Hall–Kier alpha value is -0.0700. The molecule has 4 unspecified atom stereocenters. The summed E-state index contributed by atoms with van der Waals surface area (Å²) in [7, 11) is 0. The van der Waals surface area contributed by atoms with Gasteiger partial charge in [0.1, 0.15) is 5.67 Å². The highest BCUT2D eigenvalue weighted by Crippen LogP contribution is 2.73. The molecule has 0 aromatic heterocycles. The van der Waals surface area contributed by atoms with E-state index in [1.54, 1.807) is 6.92 Å². The maximum atomic E-state index is 14.1. The number of alkyl halides is 1. The van der Waals surface area contributed by atoms with E-state index in [0.717, 1.165) is 12.3 Å². The molecule has 0 aromatic carbocycles. The molecule has 2 rings (SSSR count). The van der Waals surface area contributed by atoms with E-state index in [9.17, 15) is 4.39 Å². The van der Waals surface area contributed by atoms with Crippen molar-refractivity contribution in [3.63, 3.8) is 0 Å². The first-order valence-electron chi connectivity index (χ1n) is 5.07. The lowest BCUT2D eigenvalue weighted by atomic mass is 9.65. The predicted octanol–water partition coefficient (Wildman–Crippen LogP) is 3.42. The van der Waals surface area contributed by atoms with E-state index in [4.69, 9.17) is 0 Å². The Morgan fingerprint density at radius 2 is 2.00 bits per heavy atom. The van der Waals surface area contributed by atoms with Gasteiger partial charge in [-0.1, -0.05) is 20.8 Å². The molecule has 2 fully saturated rings. The van der Waals surface area contributed by atoms with E-state index >= 15 is 0 Å². The van der Waals surface area contributed by atoms with Crippen LogP contribution in [0.3, 0.4) is 0 Å². The largest absolute Gasteiger partial charge is 0.244 e. The van der Waals surface area contributed by atoms with Crippen LogP contribution in [-0.4, -0.2) is 5.67 Å². The third-order valence-corrected chi connectivity index (χ3v) is 4.45. The van der Waals surface area contributed by atoms with Crippen LogP contribution in [0.4, 0.5) is 4.39 Å². The zero-order chi connectivity index (χ0) is 9.15. The van der Waals surface area contributed by atoms with Crippen LogP contribution in [0.15, 0.2) is 0 Å². The number of halogens is 1. The van der Waals surface area contributed by atoms with Crippen molar-refractivity contribution >= 4 is 0 Å². The van der Waals surface area contributed by atoms with Gasteiger partial charge < -0.3 is 0 Å². The minimum atomic E-state index is -0.916. The van der Waals surface area contributed by atoms with Gasteiger partial charge in [-0.2, -0.15) is 0 Å². The van der Waals surface area contributed by atoms with Crippen molar-refractivity contribution in [2.24, 2.45) is 23.2 Å². The average Bonchev–Trinajstić information content (AvgIpc) is 2.40. The molecule has 0 bridgehead atoms. The monoisotopic (exact) mass is 170 g/mol. The van der Waals surface area contributed by atoms with Crippen molar-refractivity contribution in [2.75, 3.05) is 0 Å². The first-order chi connectivity index (χ1) is 5.38. The van der Waals surface area contributed by atoms with Gasteiger partial charge in [0, 0.05) is 0 Å². The van der Waals surface area contributed by atoms with Crippen LogP contribution < -0.4 is 0 Å². The number of hydrogen-bond acceptors (Lipinski definition) is 0. The smallest absolute Gasteiger partial charge is 0.113 e. The van der Waals surface area contributed by atoms with Gasteiger partial charge in [-0.3, -0.25) is 0 Å². The minimum Gasteiger partial charge on any atom is -0.244 e. The van der Waals surface area contributed by atoms with E-state index in [1.807, 2.05) is 13.8 Å². The first-order valence-corrected chi connectivity index (χ1v) is 5.07. The average molecular weight is 170 g/mol. The summed E-state index contributed by atoms with van der Waals surface area (Å²) in [6.45, 7) is 8.08. The molecule has 0 radical (unpaired) electrons. The van der Waals surface area contributed by atoms with Crippen LogP contribution in [0.25, 0.3) is 0 Å². The summed E-state index contributed by atoms with van der Waals surface area (Å²) in [5.41, 5.74) is -0.354. The normalized spacial score (nSPS) is 49.5. The summed E-state index contributed by atoms with van der Waals surface area (Å²) in [4.78, 5) is 0. The summed E-state index contributed by atoms with van der Waals surface area (Å²) >= 11 is 0. The van der Waals surface area contributed by atoms with Gasteiger partial charge in [-0.05, 0) is 42.9 Å². The summed E-state index contributed by atoms with van der Waals surface area (Å²) in [5, 5.41) is 0. The van der Waals surface area contributed by atoms with Gasteiger partial charge >= 0.3 is 0 Å². The molecule has 2 aliphatic carbocycles. The standard InChI is InChI=1S/C11H19F/c1-7(2)11(4,12)9-6-10(3)5-8(9)10/h7-9H,5-6H2,1-4H3. The molecule has 0 aromatic rings. The Balaban J connectivity index is 2.03. The summed E-state index contributed by atoms with van der Waals surface area (Å²) in [5.74, 6) is 1.25. The number of hydrogen-bond donors (Lipinski definition) is 0. The Labute approximate surface area is 74.5 Å². The van der Waals surface area contributed by atoms with Gasteiger partial charge in [-0.25, -0.2) is 4.39 Å². The lowest BCUT2D eigenvalue weighted by Gasteiger charge is -2.43. The summed E-state index contributed by atoms with van der Waals surface area (Å²) in [6.07, 6.45) is 2.41. The highest BCUT2D eigenvalue weighted by atomic mass is 19.1. The molecular weight excluding hydrogens is 151 g/mol. The van der Waals surface area contributed by atoms with Crippen LogP contribution >= 0.6 is 0 Å². The van der Waals surface area contributed by atoms with E-state index in [-0.39, 0.29) is 5.92 Å². The molecule has 2 saturated carbocycles. The molecule has 1 heteroatoms. The number of rotatable bonds is 2. The SMILES string of the molecule is CC(C)C(C)(F)C1CC2(C)CC12. The van der Waals surface area contributed by atoms with Gasteiger partial charge in [0.25, 0.3) is 0 Å². The molecule has 0 saturated heterocycles. The van der Waals surface area contributed by atoms with Gasteiger partial charge in [0.05, 0.1) is 0 Å². The van der Waals surface area contributed by atoms with Crippen LogP contribution in [0.1, 0.15) is 40.5 Å². The zero-order valence-corrected chi connectivity index (χ0v) is 8.52. The third kappa shape index (κ3) is 0.884. The van der Waals surface area contributed by atoms with E-state index in [2.05, 4.69) is 6.92 Å². The van der Waals surface area contributed by atoms with Crippen LogP contribution in [-0.2, 0) is 0 Å². The Morgan fingerprint density at radius 1 is 1.42 bits per heavy atom. The fourth-order valence-corrected chi connectivity index (χ4v) is 2.81. The van der Waals surface area contributed by atoms with Crippen molar-refractivity contribution in [3.8, 4) is 0 Å². The Bertz CT molecular complexity index is 207. The van der Waals surface area contributed by atoms with Crippen LogP contribution in [0.2, 0.25) is 0 Å². The molecule has 0 spiro atoms. The molecule has 0 heterocycles. The molecular formula is C11H19F.